The Balaban J connectivity index is 1.82. The van der Waals surface area contributed by atoms with Crippen LogP contribution in [0.3, 0.4) is 0 Å². The number of hydrogen-bond acceptors (Lipinski definition) is 5. The lowest BCUT2D eigenvalue weighted by Crippen LogP contribution is -2.19. The summed E-state index contributed by atoms with van der Waals surface area (Å²) in [6, 6.07) is 6.51. The zero-order chi connectivity index (χ0) is 17.3. The molecular weight excluding hydrogens is 353 g/mol. The lowest BCUT2D eigenvalue weighted by Gasteiger charge is -2.09. The van der Waals surface area contributed by atoms with Crippen LogP contribution in [0.1, 0.15) is 30.4 Å². The zero-order valence-electron chi connectivity index (χ0n) is 12.8. The molecule has 2 aromatic heterocycles. The monoisotopic (exact) mass is 365 g/mol. The molecule has 124 valence electrons. The van der Waals surface area contributed by atoms with Gasteiger partial charge in [-0.15, -0.1) is 5.10 Å². The summed E-state index contributed by atoms with van der Waals surface area (Å²) < 4.78 is 7.05. The predicted molar refractivity (Wildman–Crippen MR) is 90.3 cm³/mol. The topological polar surface area (TPSA) is 85.8 Å². The van der Waals surface area contributed by atoms with Crippen LogP contribution in [0, 0.1) is 0 Å². The zero-order valence-corrected chi connectivity index (χ0v) is 14.3. The molecule has 0 spiro atoms. The molecule has 7 nitrogen and oxygen atoms in total. The molecule has 2 heterocycles. The third-order valence-electron chi connectivity index (χ3n) is 3.20. The second-order valence-corrected chi connectivity index (χ2v) is 6.09. The number of carbonyl (C=O) groups is 1. The highest BCUT2D eigenvalue weighted by Gasteiger charge is 2.18. The van der Waals surface area contributed by atoms with Crippen molar-refractivity contribution in [2.45, 2.75) is 19.9 Å². The van der Waals surface area contributed by atoms with Crippen LogP contribution >= 0.6 is 23.2 Å². The van der Waals surface area contributed by atoms with Gasteiger partial charge in [-0.1, -0.05) is 28.3 Å². The Kier molecular flexibility index (Phi) is 4.55. The SMILES string of the molecule is CC(C)n1nccc1C(=O)Nc1nnc(-c2cc(Cl)ccc2Cl)o1. The molecule has 0 radical (unpaired) electrons. The number of amides is 1. The van der Waals surface area contributed by atoms with E-state index in [1.54, 1.807) is 35.1 Å². The van der Waals surface area contributed by atoms with Gasteiger partial charge in [-0.25, -0.2) is 0 Å². The van der Waals surface area contributed by atoms with Gasteiger partial charge in [0.15, 0.2) is 0 Å². The lowest BCUT2D eigenvalue weighted by molar-refractivity contribution is 0.101. The van der Waals surface area contributed by atoms with E-state index in [1.807, 2.05) is 13.8 Å². The largest absolute Gasteiger partial charge is 0.403 e. The fourth-order valence-electron chi connectivity index (χ4n) is 2.11. The van der Waals surface area contributed by atoms with E-state index in [-0.39, 0.29) is 17.9 Å². The molecule has 0 atom stereocenters. The normalized spacial score (nSPS) is 11.0. The summed E-state index contributed by atoms with van der Waals surface area (Å²) in [5.74, 6) is -0.233. The molecule has 3 rings (SSSR count). The Labute approximate surface area is 147 Å². The first kappa shape index (κ1) is 16.5. The Morgan fingerprint density at radius 1 is 1.25 bits per heavy atom. The van der Waals surface area contributed by atoms with E-state index < -0.39 is 5.91 Å². The highest BCUT2D eigenvalue weighted by Crippen LogP contribution is 2.30. The minimum absolute atomic E-state index is 0.0393. The van der Waals surface area contributed by atoms with Crippen molar-refractivity contribution < 1.29 is 9.21 Å². The molecule has 0 unspecified atom stereocenters. The number of hydrogen-bond donors (Lipinski definition) is 1. The van der Waals surface area contributed by atoms with Crippen LogP contribution in [-0.2, 0) is 0 Å². The minimum atomic E-state index is -0.395. The Morgan fingerprint density at radius 3 is 2.79 bits per heavy atom. The summed E-state index contributed by atoms with van der Waals surface area (Å²) >= 11 is 12.0. The van der Waals surface area contributed by atoms with Crippen molar-refractivity contribution >= 4 is 35.1 Å². The number of nitrogens with one attached hydrogen (secondary N) is 1. The molecule has 1 aromatic carbocycles. The van der Waals surface area contributed by atoms with Gasteiger partial charge < -0.3 is 4.42 Å². The highest BCUT2D eigenvalue weighted by molar-refractivity contribution is 6.35. The average molecular weight is 366 g/mol. The maximum absolute atomic E-state index is 12.3. The lowest BCUT2D eigenvalue weighted by atomic mass is 10.2. The van der Waals surface area contributed by atoms with Gasteiger partial charge in [-0.3, -0.25) is 14.8 Å². The molecule has 0 aliphatic rings. The molecule has 3 aromatic rings. The molecule has 0 aliphatic carbocycles. The Bertz CT molecular complexity index is 888. The average Bonchev–Trinajstić information content (AvgIpc) is 3.18. The molecule has 0 fully saturated rings. The first-order valence-electron chi connectivity index (χ1n) is 7.09. The molecule has 0 bridgehead atoms. The second kappa shape index (κ2) is 6.62. The van der Waals surface area contributed by atoms with Crippen LogP contribution in [0.15, 0.2) is 34.9 Å². The number of anilines is 1. The van der Waals surface area contributed by atoms with Crippen LogP contribution in [0.25, 0.3) is 11.5 Å². The van der Waals surface area contributed by atoms with E-state index >= 15 is 0 Å². The van der Waals surface area contributed by atoms with Gasteiger partial charge in [0.1, 0.15) is 5.69 Å². The Hall–Kier alpha value is -2.38. The van der Waals surface area contributed by atoms with Crippen LogP contribution < -0.4 is 5.32 Å². The van der Waals surface area contributed by atoms with Crippen LogP contribution in [0.2, 0.25) is 10.0 Å². The van der Waals surface area contributed by atoms with E-state index in [2.05, 4.69) is 20.6 Å². The van der Waals surface area contributed by atoms with Crippen molar-refractivity contribution in [3.8, 4) is 11.5 Å². The molecule has 1 N–H and O–H groups in total. The van der Waals surface area contributed by atoms with Gasteiger partial charge >= 0.3 is 6.01 Å². The first-order valence-corrected chi connectivity index (χ1v) is 7.85. The quantitative estimate of drug-likeness (QED) is 0.752. The molecule has 0 saturated carbocycles. The number of benzene rings is 1. The molecule has 1 amide bonds. The van der Waals surface area contributed by atoms with E-state index in [9.17, 15) is 4.79 Å². The van der Waals surface area contributed by atoms with Crippen molar-refractivity contribution in [2.75, 3.05) is 5.32 Å². The molecule has 9 heteroatoms. The maximum Gasteiger partial charge on any atom is 0.322 e. The number of nitrogens with zero attached hydrogens (tertiary/aromatic N) is 4. The van der Waals surface area contributed by atoms with E-state index in [4.69, 9.17) is 27.6 Å². The van der Waals surface area contributed by atoms with Crippen molar-refractivity contribution in [1.82, 2.24) is 20.0 Å². The predicted octanol–water partition coefficient (Wildman–Crippen LogP) is 4.07. The van der Waals surface area contributed by atoms with Crippen molar-refractivity contribution in [3.05, 3.63) is 46.2 Å². The Morgan fingerprint density at radius 2 is 2.04 bits per heavy atom. The van der Waals surface area contributed by atoms with Gasteiger partial charge in [-0.05, 0) is 38.1 Å². The standard InChI is InChI=1S/C15H13Cl2N5O2/c1-8(2)22-12(5-6-18-22)13(23)19-15-21-20-14(24-15)10-7-9(16)3-4-11(10)17/h3-8H,1-2H3,(H,19,21,23). The summed E-state index contributed by atoms with van der Waals surface area (Å²) in [7, 11) is 0. The van der Waals surface area contributed by atoms with E-state index in [1.165, 1.54) is 0 Å². The maximum atomic E-state index is 12.3. The summed E-state index contributed by atoms with van der Waals surface area (Å²) in [6.45, 7) is 3.85. The number of aromatic nitrogens is 4. The molecule has 24 heavy (non-hydrogen) atoms. The van der Waals surface area contributed by atoms with E-state index in [0.29, 0.717) is 21.3 Å². The van der Waals surface area contributed by atoms with Crippen LogP contribution in [0.4, 0.5) is 6.01 Å². The van der Waals surface area contributed by atoms with Crippen LogP contribution in [0.5, 0.6) is 0 Å². The molecular formula is C15H13Cl2N5O2. The third kappa shape index (κ3) is 3.27. The van der Waals surface area contributed by atoms with Gasteiger partial charge in [0.05, 0.1) is 10.6 Å². The van der Waals surface area contributed by atoms with Gasteiger partial charge in [0.2, 0.25) is 0 Å². The first-order chi connectivity index (χ1) is 11.5. The van der Waals surface area contributed by atoms with Crippen molar-refractivity contribution in [1.29, 1.82) is 0 Å². The van der Waals surface area contributed by atoms with E-state index in [0.717, 1.165) is 0 Å². The fraction of sp³-hybridized carbons (Fsp3) is 0.200. The second-order valence-electron chi connectivity index (χ2n) is 5.25. The number of halogens is 2. The summed E-state index contributed by atoms with van der Waals surface area (Å²) in [4.78, 5) is 12.3. The third-order valence-corrected chi connectivity index (χ3v) is 3.76. The van der Waals surface area contributed by atoms with Crippen molar-refractivity contribution in [2.24, 2.45) is 0 Å². The van der Waals surface area contributed by atoms with Crippen molar-refractivity contribution in [3.63, 3.8) is 0 Å². The summed E-state index contributed by atoms with van der Waals surface area (Å²) in [5, 5.41) is 15.2. The fourth-order valence-corrected chi connectivity index (χ4v) is 2.48. The smallest absolute Gasteiger partial charge is 0.322 e. The van der Waals surface area contributed by atoms with Crippen LogP contribution in [-0.4, -0.2) is 25.9 Å². The summed E-state index contributed by atoms with van der Waals surface area (Å²) in [6.07, 6.45) is 1.56. The minimum Gasteiger partial charge on any atom is -0.403 e. The number of carbonyl (C=O) groups excluding carboxylic acids is 1. The van der Waals surface area contributed by atoms with Gasteiger partial charge in [0, 0.05) is 17.3 Å². The molecule has 0 aliphatic heterocycles. The van der Waals surface area contributed by atoms with Gasteiger partial charge in [0.25, 0.3) is 11.8 Å². The summed E-state index contributed by atoms with van der Waals surface area (Å²) in [5.41, 5.74) is 0.884. The number of rotatable bonds is 4. The molecule has 0 saturated heterocycles. The van der Waals surface area contributed by atoms with Gasteiger partial charge in [-0.2, -0.15) is 5.10 Å². The highest BCUT2D eigenvalue weighted by atomic mass is 35.5.